The zero-order valence-electron chi connectivity index (χ0n) is 11.6. The van der Waals surface area contributed by atoms with Crippen LogP contribution in [0.1, 0.15) is 30.6 Å². The number of likely N-dealkylation sites (N-methyl/N-ethyl adjacent to an activating group) is 1. The van der Waals surface area contributed by atoms with Gasteiger partial charge in [-0.1, -0.05) is 22.9 Å². The number of hydrogen-bond donors (Lipinski definition) is 2. The van der Waals surface area contributed by atoms with E-state index in [1.165, 1.54) is 0 Å². The Labute approximate surface area is 122 Å². The quantitative estimate of drug-likeness (QED) is 0.806. The van der Waals surface area contributed by atoms with Gasteiger partial charge >= 0.3 is 5.97 Å². The lowest BCUT2D eigenvalue weighted by atomic mass is 10.2. The molecule has 1 aromatic carbocycles. The maximum Gasteiger partial charge on any atom is 0.335 e. The Morgan fingerprint density at radius 2 is 2.16 bits per heavy atom. The molecule has 0 aliphatic rings. The van der Waals surface area contributed by atoms with E-state index >= 15 is 0 Å². The molecule has 0 aliphatic heterocycles. The molecule has 0 heterocycles. The summed E-state index contributed by atoms with van der Waals surface area (Å²) < 4.78 is 0.769. The molecule has 1 unspecified atom stereocenters. The van der Waals surface area contributed by atoms with Crippen LogP contribution in [0.5, 0.6) is 0 Å². The third-order valence-electron chi connectivity index (χ3n) is 3.28. The molecule has 0 saturated heterocycles. The number of nitrogens with zero attached hydrogens (tertiary/aromatic N) is 1. The zero-order chi connectivity index (χ0) is 14.4. The van der Waals surface area contributed by atoms with Gasteiger partial charge in [-0.25, -0.2) is 4.79 Å². The van der Waals surface area contributed by atoms with E-state index in [0.717, 1.165) is 29.7 Å². The average molecular weight is 329 g/mol. The van der Waals surface area contributed by atoms with Crippen molar-refractivity contribution >= 4 is 27.6 Å². The lowest BCUT2D eigenvalue weighted by molar-refractivity contribution is 0.0697. The van der Waals surface area contributed by atoms with Gasteiger partial charge in [0.1, 0.15) is 0 Å². The summed E-state index contributed by atoms with van der Waals surface area (Å²) in [5.41, 5.74) is 1.11. The summed E-state index contributed by atoms with van der Waals surface area (Å²) in [7, 11) is 2.10. The van der Waals surface area contributed by atoms with Crippen LogP contribution < -0.4 is 5.32 Å². The number of carbonyl (C=O) groups is 1. The Balaban J connectivity index is 2.56. The van der Waals surface area contributed by atoms with Crippen LogP contribution >= 0.6 is 15.9 Å². The molecule has 0 saturated carbocycles. The van der Waals surface area contributed by atoms with Gasteiger partial charge in [0.15, 0.2) is 0 Å². The zero-order valence-corrected chi connectivity index (χ0v) is 13.2. The van der Waals surface area contributed by atoms with Gasteiger partial charge in [0, 0.05) is 29.3 Å². The van der Waals surface area contributed by atoms with Crippen molar-refractivity contribution in [3.05, 3.63) is 28.2 Å². The maximum absolute atomic E-state index is 11.0. The van der Waals surface area contributed by atoms with Crippen LogP contribution in [-0.4, -0.2) is 42.2 Å². The molecule has 0 amide bonds. The lowest BCUT2D eigenvalue weighted by Gasteiger charge is -2.23. The van der Waals surface area contributed by atoms with Crippen molar-refractivity contribution in [3.63, 3.8) is 0 Å². The highest BCUT2D eigenvalue weighted by atomic mass is 79.9. The topological polar surface area (TPSA) is 52.6 Å². The largest absolute Gasteiger partial charge is 0.478 e. The monoisotopic (exact) mass is 328 g/mol. The fourth-order valence-electron chi connectivity index (χ4n) is 1.72. The number of carboxylic acid groups (broad SMARTS) is 1. The van der Waals surface area contributed by atoms with Crippen LogP contribution in [0.4, 0.5) is 5.69 Å². The molecule has 106 valence electrons. The van der Waals surface area contributed by atoms with Crippen LogP contribution in [0.25, 0.3) is 0 Å². The third kappa shape index (κ3) is 5.20. The Morgan fingerprint density at radius 3 is 2.74 bits per heavy atom. The second-order valence-corrected chi connectivity index (χ2v) is 5.61. The Bertz CT molecular complexity index is 437. The van der Waals surface area contributed by atoms with Crippen LogP contribution in [0.2, 0.25) is 0 Å². The molecular weight excluding hydrogens is 308 g/mol. The predicted octanol–water partition coefficient (Wildman–Crippen LogP) is 3.29. The highest BCUT2D eigenvalue weighted by Crippen LogP contribution is 2.19. The number of nitrogens with one attached hydrogen (secondary N) is 1. The van der Waals surface area contributed by atoms with Gasteiger partial charge in [0.05, 0.1) is 5.56 Å². The minimum atomic E-state index is -0.916. The second-order valence-electron chi connectivity index (χ2n) is 4.70. The van der Waals surface area contributed by atoms with Crippen molar-refractivity contribution < 1.29 is 9.90 Å². The molecule has 0 aliphatic carbocycles. The molecule has 1 atom stereocenters. The molecule has 1 aromatic rings. The van der Waals surface area contributed by atoms with Gasteiger partial charge in [-0.15, -0.1) is 0 Å². The van der Waals surface area contributed by atoms with Crippen LogP contribution in [0.3, 0.4) is 0 Å². The van der Waals surface area contributed by atoms with E-state index in [-0.39, 0.29) is 5.56 Å². The van der Waals surface area contributed by atoms with E-state index in [1.54, 1.807) is 12.1 Å². The number of carboxylic acids is 1. The van der Waals surface area contributed by atoms with Crippen molar-refractivity contribution in [3.8, 4) is 0 Å². The molecule has 0 aromatic heterocycles. The minimum Gasteiger partial charge on any atom is -0.478 e. The molecule has 0 radical (unpaired) electrons. The lowest BCUT2D eigenvalue weighted by Crippen LogP contribution is -2.32. The first-order chi connectivity index (χ1) is 8.93. The number of anilines is 1. The summed E-state index contributed by atoms with van der Waals surface area (Å²) in [6.45, 7) is 6.07. The Kier molecular flexibility index (Phi) is 6.31. The van der Waals surface area contributed by atoms with Gasteiger partial charge in [-0.05, 0) is 38.6 Å². The first-order valence-corrected chi connectivity index (χ1v) is 7.21. The predicted molar refractivity (Wildman–Crippen MR) is 82.0 cm³/mol. The fraction of sp³-hybridized carbons (Fsp3) is 0.500. The van der Waals surface area contributed by atoms with Gasteiger partial charge < -0.3 is 15.3 Å². The molecule has 0 bridgehead atoms. The molecule has 2 N–H and O–H groups in total. The van der Waals surface area contributed by atoms with E-state index in [4.69, 9.17) is 5.11 Å². The molecule has 0 spiro atoms. The van der Waals surface area contributed by atoms with Crippen molar-refractivity contribution in [2.75, 3.05) is 25.5 Å². The standard InChI is InChI=1S/C14H21BrN2O2/c1-4-10(2)17(3)6-5-16-13-8-11(14(18)19)7-12(15)9-13/h7-10,16H,4-6H2,1-3H3,(H,18,19). The number of rotatable bonds is 7. The third-order valence-corrected chi connectivity index (χ3v) is 3.74. The number of benzene rings is 1. The number of halogens is 1. The number of hydrogen-bond acceptors (Lipinski definition) is 3. The van der Waals surface area contributed by atoms with E-state index in [0.29, 0.717) is 6.04 Å². The minimum absolute atomic E-state index is 0.284. The summed E-state index contributed by atoms with van der Waals surface area (Å²) in [4.78, 5) is 13.2. The second kappa shape index (κ2) is 7.50. The normalized spacial score (nSPS) is 12.5. The first-order valence-electron chi connectivity index (χ1n) is 6.42. The van der Waals surface area contributed by atoms with Gasteiger partial charge in [-0.3, -0.25) is 0 Å². The summed E-state index contributed by atoms with van der Waals surface area (Å²) in [5, 5.41) is 12.3. The van der Waals surface area contributed by atoms with E-state index in [1.807, 2.05) is 6.07 Å². The summed E-state index contributed by atoms with van der Waals surface area (Å²) in [6.07, 6.45) is 1.12. The van der Waals surface area contributed by atoms with Crippen molar-refractivity contribution in [1.82, 2.24) is 4.90 Å². The first kappa shape index (κ1) is 16.0. The van der Waals surface area contributed by atoms with Gasteiger partial charge in [0.25, 0.3) is 0 Å². The van der Waals surface area contributed by atoms with E-state index < -0.39 is 5.97 Å². The van der Waals surface area contributed by atoms with E-state index in [9.17, 15) is 4.79 Å². The smallest absolute Gasteiger partial charge is 0.335 e. The molecule has 19 heavy (non-hydrogen) atoms. The average Bonchev–Trinajstić information content (AvgIpc) is 2.36. The molecule has 4 nitrogen and oxygen atoms in total. The summed E-state index contributed by atoms with van der Waals surface area (Å²) in [6, 6.07) is 5.68. The van der Waals surface area contributed by atoms with Crippen molar-refractivity contribution in [2.24, 2.45) is 0 Å². The highest BCUT2D eigenvalue weighted by molar-refractivity contribution is 9.10. The molecule has 0 fully saturated rings. The number of aromatic carboxylic acids is 1. The van der Waals surface area contributed by atoms with Gasteiger partial charge in [-0.2, -0.15) is 0 Å². The fourth-order valence-corrected chi connectivity index (χ4v) is 2.22. The van der Waals surface area contributed by atoms with Crippen molar-refractivity contribution in [1.29, 1.82) is 0 Å². The van der Waals surface area contributed by atoms with E-state index in [2.05, 4.69) is 47.0 Å². The Hall–Kier alpha value is -1.07. The SMILES string of the molecule is CCC(C)N(C)CCNc1cc(Br)cc(C(=O)O)c1. The summed E-state index contributed by atoms with van der Waals surface area (Å²) >= 11 is 3.32. The maximum atomic E-state index is 11.0. The van der Waals surface area contributed by atoms with Crippen LogP contribution in [-0.2, 0) is 0 Å². The molecular formula is C14H21BrN2O2. The Morgan fingerprint density at radius 1 is 1.47 bits per heavy atom. The van der Waals surface area contributed by atoms with Gasteiger partial charge in [0.2, 0.25) is 0 Å². The molecule has 5 heteroatoms. The van der Waals surface area contributed by atoms with Crippen LogP contribution in [0, 0.1) is 0 Å². The summed E-state index contributed by atoms with van der Waals surface area (Å²) in [5.74, 6) is -0.916. The van der Waals surface area contributed by atoms with Crippen molar-refractivity contribution in [2.45, 2.75) is 26.3 Å². The van der Waals surface area contributed by atoms with Crippen LogP contribution in [0.15, 0.2) is 22.7 Å². The highest BCUT2D eigenvalue weighted by Gasteiger charge is 2.08. The molecule has 1 rings (SSSR count).